The van der Waals surface area contributed by atoms with Crippen molar-refractivity contribution in [1.82, 2.24) is 9.78 Å². The van der Waals surface area contributed by atoms with E-state index in [1.165, 1.54) is 0 Å². The Labute approximate surface area is 82.3 Å². The van der Waals surface area contributed by atoms with Crippen molar-refractivity contribution in [2.45, 2.75) is 12.5 Å². The minimum absolute atomic E-state index is 0.0613. The Morgan fingerprint density at radius 1 is 1.57 bits per heavy atom. The van der Waals surface area contributed by atoms with Crippen LogP contribution in [0.15, 0.2) is 35.3 Å². The van der Waals surface area contributed by atoms with Crippen LogP contribution in [0.4, 0.5) is 0 Å². The number of aryl methyl sites for hydroxylation is 1. The standard InChI is InChI=1S/C10H13N3O/c1-13-4-2-10(12-13)9(11)6-8-3-5-14-7-8/h2-5,7,9H,6,11H2,1H3. The van der Waals surface area contributed by atoms with E-state index in [1.807, 2.05) is 25.4 Å². The minimum atomic E-state index is -0.0613. The lowest BCUT2D eigenvalue weighted by atomic mass is 10.1. The van der Waals surface area contributed by atoms with Crippen molar-refractivity contribution in [3.05, 3.63) is 42.1 Å². The normalized spacial score (nSPS) is 13.0. The van der Waals surface area contributed by atoms with Crippen LogP contribution < -0.4 is 5.73 Å². The van der Waals surface area contributed by atoms with Gasteiger partial charge in [-0.2, -0.15) is 5.10 Å². The number of furan rings is 1. The Bertz CT molecular complexity index is 391. The van der Waals surface area contributed by atoms with Gasteiger partial charge < -0.3 is 10.2 Å². The molecule has 0 radical (unpaired) electrons. The van der Waals surface area contributed by atoms with Gasteiger partial charge in [0.1, 0.15) is 0 Å². The molecule has 0 aromatic carbocycles. The van der Waals surface area contributed by atoms with Crippen molar-refractivity contribution in [3.63, 3.8) is 0 Å². The highest BCUT2D eigenvalue weighted by Crippen LogP contribution is 2.13. The Kier molecular flexibility index (Phi) is 2.37. The molecule has 14 heavy (non-hydrogen) atoms. The average Bonchev–Trinajstić information content (AvgIpc) is 2.75. The van der Waals surface area contributed by atoms with Gasteiger partial charge in [-0.25, -0.2) is 0 Å². The van der Waals surface area contributed by atoms with Crippen molar-refractivity contribution < 1.29 is 4.42 Å². The van der Waals surface area contributed by atoms with Gasteiger partial charge in [0.2, 0.25) is 0 Å². The van der Waals surface area contributed by atoms with E-state index in [4.69, 9.17) is 10.2 Å². The molecular formula is C10H13N3O. The lowest BCUT2D eigenvalue weighted by Gasteiger charge is -2.05. The van der Waals surface area contributed by atoms with Gasteiger partial charge in [-0.3, -0.25) is 4.68 Å². The molecule has 0 amide bonds. The quantitative estimate of drug-likeness (QED) is 0.794. The fraction of sp³-hybridized carbons (Fsp3) is 0.300. The van der Waals surface area contributed by atoms with Crippen molar-refractivity contribution in [1.29, 1.82) is 0 Å². The highest BCUT2D eigenvalue weighted by molar-refractivity contribution is 5.13. The van der Waals surface area contributed by atoms with Crippen LogP contribution in [0, 0.1) is 0 Å². The molecule has 4 heteroatoms. The molecule has 0 spiro atoms. The predicted octanol–water partition coefficient (Wildman–Crippen LogP) is 1.26. The second-order valence-electron chi connectivity index (χ2n) is 3.36. The summed E-state index contributed by atoms with van der Waals surface area (Å²) in [5, 5.41) is 4.25. The van der Waals surface area contributed by atoms with Gasteiger partial charge >= 0.3 is 0 Å². The molecule has 1 unspecified atom stereocenters. The molecule has 0 fully saturated rings. The first-order valence-electron chi connectivity index (χ1n) is 4.52. The first kappa shape index (κ1) is 9.02. The van der Waals surface area contributed by atoms with Crippen molar-refractivity contribution in [2.24, 2.45) is 12.8 Å². The van der Waals surface area contributed by atoms with Crippen molar-refractivity contribution >= 4 is 0 Å². The maximum atomic E-state index is 5.98. The van der Waals surface area contributed by atoms with Gasteiger partial charge in [0.05, 0.1) is 24.3 Å². The Hall–Kier alpha value is -1.55. The van der Waals surface area contributed by atoms with Crippen LogP contribution in [0.2, 0.25) is 0 Å². The fourth-order valence-corrected chi connectivity index (χ4v) is 1.40. The van der Waals surface area contributed by atoms with E-state index in [-0.39, 0.29) is 6.04 Å². The van der Waals surface area contributed by atoms with Gasteiger partial charge in [0.15, 0.2) is 0 Å². The van der Waals surface area contributed by atoms with E-state index in [2.05, 4.69) is 5.10 Å². The Balaban J connectivity index is 2.06. The molecule has 4 nitrogen and oxygen atoms in total. The van der Waals surface area contributed by atoms with Crippen LogP contribution in [0.3, 0.4) is 0 Å². The van der Waals surface area contributed by atoms with Gasteiger partial charge in [0, 0.05) is 13.2 Å². The molecule has 0 aliphatic heterocycles. The number of rotatable bonds is 3. The number of nitrogens with two attached hydrogens (primary N) is 1. The molecule has 0 bridgehead atoms. The molecule has 0 saturated carbocycles. The van der Waals surface area contributed by atoms with E-state index in [0.29, 0.717) is 0 Å². The zero-order valence-corrected chi connectivity index (χ0v) is 8.05. The molecule has 2 aromatic rings. The third-order valence-corrected chi connectivity index (χ3v) is 2.15. The van der Waals surface area contributed by atoms with Crippen molar-refractivity contribution in [3.8, 4) is 0 Å². The summed E-state index contributed by atoms with van der Waals surface area (Å²) < 4.78 is 6.73. The second-order valence-corrected chi connectivity index (χ2v) is 3.36. The Morgan fingerprint density at radius 3 is 3.00 bits per heavy atom. The lowest BCUT2D eigenvalue weighted by Crippen LogP contribution is -2.13. The summed E-state index contributed by atoms with van der Waals surface area (Å²) in [6.45, 7) is 0. The SMILES string of the molecule is Cn1ccc(C(N)Cc2ccoc2)n1. The minimum Gasteiger partial charge on any atom is -0.472 e. The predicted molar refractivity (Wildman–Crippen MR) is 52.5 cm³/mol. The molecule has 2 rings (SSSR count). The largest absolute Gasteiger partial charge is 0.472 e. The van der Waals surface area contributed by atoms with E-state index in [0.717, 1.165) is 17.7 Å². The topological polar surface area (TPSA) is 57.0 Å². The first-order chi connectivity index (χ1) is 6.75. The van der Waals surface area contributed by atoms with Gasteiger partial charge in [-0.05, 0) is 24.1 Å². The highest BCUT2D eigenvalue weighted by atomic mass is 16.3. The summed E-state index contributed by atoms with van der Waals surface area (Å²) >= 11 is 0. The van der Waals surface area contributed by atoms with Crippen molar-refractivity contribution in [2.75, 3.05) is 0 Å². The molecular weight excluding hydrogens is 178 g/mol. The molecule has 0 aliphatic carbocycles. The second kappa shape index (κ2) is 3.67. The highest BCUT2D eigenvalue weighted by Gasteiger charge is 2.10. The fourth-order valence-electron chi connectivity index (χ4n) is 1.40. The summed E-state index contributed by atoms with van der Waals surface area (Å²) in [6.07, 6.45) is 6.02. The maximum absolute atomic E-state index is 5.98. The zero-order valence-electron chi connectivity index (χ0n) is 8.05. The molecule has 2 aromatic heterocycles. The Morgan fingerprint density at radius 2 is 2.43 bits per heavy atom. The maximum Gasteiger partial charge on any atom is 0.0935 e. The van der Waals surface area contributed by atoms with Crippen LogP contribution in [0.5, 0.6) is 0 Å². The first-order valence-corrected chi connectivity index (χ1v) is 4.52. The van der Waals surface area contributed by atoms with Gasteiger partial charge in [-0.15, -0.1) is 0 Å². The number of hydrogen-bond acceptors (Lipinski definition) is 3. The lowest BCUT2D eigenvalue weighted by molar-refractivity contribution is 0.560. The zero-order chi connectivity index (χ0) is 9.97. The van der Waals surface area contributed by atoms with E-state index in [1.54, 1.807) is 17.2 Å². The van der Waals surface area contributed by atoms with E-state index < -0.39 is 0 Å². The molecule has 0 aliphatic rings. The number of hydrogen-bond donors (Lipinski definition) is 1. The summed E-state index contributed by atoms with van der Waals surface area (Å²) in [5.74, 6) is 0. The third kappa shape index (κ3) is 1.85. The average molecular weight is 191 g/mol. The molecule has 0 saturated heterocycles. The molecule has 2 N–H and O–H groups in total. The van der Waals surface area contributed by atoms with Crippen LogP contribution in [-0.4, -0.2) is 9.78 Å². The van der Waals surface area contributed by atoms with Crippen LogP contribution >= 0.6 is 0 Å². The van der Waals surface area contributed by atoms with Gasteiger partial charge in [-0.1, -0.05) is 0 Å². The summed E-state index contributed by atoms with van der Waals surface area (Å²) in [6, 6.07) is 3.79. The smallest absolute Gasteiger partial charge is 0.0935 e. The summed E-state index contributed by atoms with van der Waals surface area (Å²) in [4.78, 5) is 0. The molecule has 2 heterocycles. The number of aromatic nitrogens is 2. The molecule has 1 atom stereocenters. The summed E-state index contributed by atoms with van der Waals surface area (Å²) in [7, 11) is 1.88. The third-order valence-electron chi connectivity index (χ3n) is 2.15. The van der Waals surface area contributed by atoms with E-state index in [9.17, 15) is 0 Å². The monoisotopic (exact) mass is 191 g/mol. The number of nitrogens with zero attached hydrogens (tertiary/aromatic N) is 2. The van der Waals surface area contributed by atoms with Crippen LogP contribution in [0.1, 0.15) is 17.3 Å². The molecule has 74 valence electrons. The van der Waals surface area contributed by atoms with Gasteiger partial charge in [0.25, 0.3) is 0 Å². The van der Waals surface area contributed by atoms with Crippen LogP contribution in [0.25, 0.3) is 0 Å². The van der Waals surface area contributed by atoms with Crippen LogP contribution in [-0.2, 0) is 13.5 Å². The van der Waals surface area contributed by atoms with E-state index >= 15 is 0 Å². The summed E-state index contributed by atoms with van der Waals surface area (Å²) in [5.41, 5.74) is 7.99.